The number of hydrogen-bond acceptors (Lipinski definition) is 5. The van der Waals surface area contributed by atoms with Gasteiger partial charge in [-0.3, -0.25) is 0 Å². The van der Waals surface area contributed by atoms with Crippen LogP contribution in [0.15, 0.2) is 49.2 Å². The molecule has 0 amide bonds. The van der Waals surface area contributed by atoms with Gasteiger partial charge in [0.2, 0.25) is 0 Å². The van der Waals surface area contributed by atoms with Gasteiger partial charge in [-0.15, -0.1) is 0 Å². The summed E-state index contributed by atoms with van der Waals surface area (Å²) in [5, 5.41) is 7.52. The number of nitrogens with one attached hydrogen (secondary N) is 1. The van der Waals surface area contributed by atoms with Crippen molar-refractivity contribution in [2.75, 3.05) is 5.32 Å². The van der Waals surface area contributed by atoms with E-state index in [1.54, 1.807) is 17.2 Å². The fourth-order valence-electron chi connectivity index (χ4n) is 1.94. The first-order chi connectivity index (χ1) is 9.83. The van der Waals surface area contributed by atoms with Crippen LogP contribution in [0.2, 0.25) is 0 Å². The van der Waals surface area contributed by atoms with Crippen molar-refractivity contribution >= 4 is 5.69 Å². The second kappa shape index (κ2) is 5.48. The number of nitrogens with zero attached hydrogens (tertiary/aromatic N) is 5. The van der Waals surface area contributed by atoms with Gasteiger partial charge in [-0.1, -0.05) is 12.1 Å². The van der Waals surface area contributed by atoms with Crippen molar-refractivity contribution in [3.05, 3.63) is 60.7 Å². The molecule has 3 rings (SSSR count). The van der Waals surface area contributed by atoms with E-state index in [1.807, 2.05) is 37.3 Å². The summed E-state index contributed by atoms with van der Waals surface area (Å²) in [7, 11) is 0. The summed E-state index contributed by atoms with van der Waals surface area (Å²) in [6.07, 6.45) is 4.96. The Hall–Kier alpha value is -2.76. The van der Waals surface area contributed by atoms with E-state index < -0.39 is 0 Å². The van der Waals surface area contributed by atoms with Gasteiger partial charge in [0, 0.05) is 6.20 Å². The van der Waals surface area contributed by atoms with Crippen molar-refractivity contribution in [2.45, 2.75) is 13.5 Å². The highest BCUT2D eigenvalue weighted by molar-refractivity contribution is 5.60. The lowest BCUT2D eigenvalue weighted by Gasteiger charge is -2.11. The number of rotatable bonds is 4. The molecule has 0 fully saturated rings. The molecule has 2 heterocycles. The fourth-order valence-corrected chi connectivity index (χ4v) is 1.94. The smallest absolute Gasteiger partial charge is 0.138 e. The summed E-state index contributed by atoms with van der Waals surface area (Å²) in [5.41, 5.74) is 2.89. The Kier molecular flexibility index (Phi) is 3.36. The molecule has 20 heavy (non-hydrogen) atoms. The third-order valence-electron chi connectivity index (χ3n) is 2.86. The van der Waals surface area contributed by atoms with Gasteiger partial charge in [0.25, 0.3) is 0 Å². The molecule has 2 aromatic heterocycles. The van der Waals surface area contributed by atoms with Crippen LogP contribution in [0.3, 0.4) is 0 Å². The van der Waals surface area contributed by atoms with Crippen LogP contribution >= 0.6 is 0 Å². The molecule has 6 nitrogen and oxygen atoms in total. The standard InChI is InChI=1S/C14H14N6/c1-11-16-7-6-12(19-11)8-17-13-4-2-3-5-14(13)20-10-15-9-18-20/h2-7,9-10,17H,8H2,1H3. The molecule has 6 heteroatoms. The van der Waals surface area contributed by atoms with Gasteiger partial charge in [0.1, 0.15) is 18.5 Å². The van der Waals surface area contributed by atoms with Crippen LogP contribution in [-0.4, -0.2) is 24.7 Å². The maximum atomic E-state index is 4.37. The summed E-state index contributed by atoms with van der Waals surface area (Å²) >= 11 is 0. The maximum Gasteiger partial charge on any atom is 0.138 e. The average Bonchev–Trinajstić information content (AvgIpc) is 3.00. The first-order valence-corrected chi connectivity index (χ1v) is 6.29. The number of hydrogen-bond donors (Lipinski definition) is 1. The molecule has 0 aliphatic rings. The molecule has 3 aromatic rings. The summed E-state index contributed by atoms with van der Waals surface area (Å²) in [5.74, 6) is 0.772. The van der Waals surface area contributed by atoms with Gasteiger partial charge in [-0.2, -0.15) is 5.10 Å². The zero-order valence-corrected chi connectivity index (χ0v) is 11.1. The lowest BCUT2D eigenvalue weighted by Crippen LogP contribution is -2.06. The topological polar surface area (TPSA) is 68.5 Å². The highest BCUT2D eigenvalue weighted by atomic mass is 15.3. The van der Waals surface area contributed by atoms with Crippen molar-refractivity contribution < 1.29 is 0 Å². The Balaban J connectivity index is 1.81. The van der Waals surface area contributed by atoms with Crippen LogP contribution in [0.1, 0.15) is 11.5 Å². The van der Waals surface area contributed by atoms with Gasteiger partial charge in [0.15, 0.2) is 0 Å². The predicted molar refractivity (Wildman–Crippen MR) is 75.5 cm³/mol. The fraction of sp³-hybridized carbons (Fsp3) is 0.143. The molecule has 0 radical (unpaired) electrons. The zero-order valence-electron chi connectivity index (χ0n) is 11.1. The molecule has 0 atom stereocenters. The van der Waals surface area contributed by atoms with Crippen LogP contribution in [0.5, 0.6) is 0 Å². The average molecular weight is 266 g/mol. The number of para-hydroxylation sites is 2. The quantitative estimate of drug-likeness (QED) is 0.782. The number of benzene rings is 1. The number of aromatic nitrogens is 5. The predicted octanol–water partition coefficient (Wildman–Crippen LogP) is 1.98. The Labute approximate surface area is 116 Å². The minimum absolute atomic E-state index is 0.634. The second-order valence-electron chi connectivity index (χ2n) is 4.31. The van der Waals surface area contributed by atoms with Gasteiger partial charge < -0.3 is 5.32 Å². The van der Waals surface area contributed by atoms with Crippen molar-refractivity contribution in [3.8, 4) is 5.69 Å². The summed E-state index contributed by atoms with van der Waals surface area (Å²) < 4.78 is 1.73. The molecule has 0 bridgehead atoms. The summed E-state index contributed by atoms with van der Waals surface area (Å²) in [6, 6.07) is 9.84. The van der Waals surface area contributed by atoms with E-state index in [0.29, 0.717) is 6.54 Å². The van der Waals surface area contributed by atoms with Gasteiger partial charge in [-0.25, -0.2) is 19.6 Å². The molecule has 0 spiro atoms. The van der Waals surface area contributed by atoms with Crippen LogP contribution in [0, 0.1) is 6.92 Å². The van der Waals surface area contributed by atoms with E-state index in [9.17, 15) is 0 Å². The molecule has 0 aliphatic heterocycles. The lowest BCUT2D eigenvalue weighted by molar-refractivity contribution is 0.875. The highest BCUT2D eigenvalue weighted by Crippen LogP contribution is 2.19. The van der Waals surface area contributed by atoms with Crippen LogP contribution < -0.4 is 5.32 Å². The largest absolute Gasteiger partial charge is 0.378 e. The molecule has 0 aliphatic carbocycles. The van der Waals surface area contributed by atoms with Crippen molar-refractivity contribution in [1.82, 2.24) is 24.7 Å². The summed E-state index contributed by atoms with van der Waals surface area (Å²) in [4.78, 5) is 12.4. The van der Waals surface area contributed by atoms with E-state index in [2.05, 4.69) is 25.4 Å². The maximum absolute atomic E-state index is 4.37. The first kappa shape index (κ1) is 12.3. The van der Waals surface area contributed by atoms with E-state index in [-0.39, 0.29) is 0 Å². The van der Waals surface area contributed by atoms with Gasteiger partial charge in [0.05, 0.1) is 23.6 Å². The van der Waals surface area contributed by atoms with Gasteiger partial charge >= 0.3 is 0 Å². The Morgan fingerprint density at radius 2 is 2.10 bits per heavy atom. The third-order valence-corrected chi connectivity index (χ3v) is 2.86. The first-order valence-electron chi connectivity index (χ1n) is 6.29. The summed E-state index contributed by atoms with van der Waals surface area (Å²) in [6.45, 7) is 2.52. The SMILES string of the molecule is Cc1nccc(CNc2ccccc2-n2cncn2)n1. The van der Waals surface area contributed by atoms with Crippen molar-refractivity contribution in [1.29, 1.82) is 0 Å². The van der Waals surface area contributed by atoms with Gasteiger partial charge in [-0.05, 0) is 25.1 Å². The minimum Gasteiger partial charge on any atom is -0.378 e. The number of aryl methyl sites for hydroxylation is 1. The van der Waals surface area contributed by atoms with E-state index in [0.717, 1.165) is 22.9 Å². The van der Waals surface area contributed by atoms with Crippen LogP contribution in [-0.2, 0) is 6.54 Å². The minimum atomic E-state index is 0.634. The van der Waals surface area contributed by atoms with Crippen molar-refractivity contribution in [2.24, 2.45) is 0 Å². The Morgan fingerprint density at radius 3 is 2.90 bits per heavy atom. The molecular formula is C14H14N6. The molecule has 1 aromatic carbocycles. The Bertz CT molecular complexity index is 692. The van der Waals surface area contributed by atoms with Crippen molar-refractivity contribution in [3.63, 3.8) is 0 Å². The molecule has 100 valence electrons. The molecule has 0 saturated heterocycles. The third kappa shape index (κ3) is 2.64. The van der Waals surface area contributed by atoms with E-state index in [1.165, 1.54) is 6.33 Å². The molecule has 1 N–H and O–H groups in total. The van der Waals surface area contributed by atoms with E-state index >= 15 is 0 Å². The van der Waals surface area contributed by atoms with E-state index in [4.69, 9.17) is 0 Å². The van der Waals surface area contributed by atoms with Crippen LogP contribution in [0.4, 0.5) is 5.69 Å². The van der Waals surface area contributed by atoms with Crippen LogP contribution in [0.25, 0.3) is 5.69 Å². The Morgan fingerprint density at radius 1 is 1.20 bits per heavy atom. The monoisotopic (exact) mass is 266 g/mol. The lowest BCUT2D eigenvalue weighted by atomic mass is 10.2. The molecule has 0 saturated carbocycles. The zero-order chi connectivity index (χ0) is 13.8. The molecular weight excluding hydrogens is 252 g/mol. The normalized spacial score (nSPS) is 10.4. The number of anilines is 1. The second-order valence-corrected chi connectivity index (χ2v) is 4.31. The highest BCUT2D eigenvalue weighted by Gasteiger charge is 2.04. The molecule has 0 unspecified atom stereocenters.